The number of halogens is 4. The first kappa shape index (κ1) is 18.2. The molecule has 0 bridgehead atoms. The van der Waals surface area contributed by atoms with Gasteiger partial charge >= 0.3 is 0 Å². The second kappa shape index (κ2) is 8.35. The lowest BCUT2D eigenvalue weighted by molar-refractivity contribution is 0.188. The van der Waals surface area contributed by atoms with Gasteiger partial charge in [-0.25, -0.2) is 0 Å². The second-order valence-corrected chi connectivity index (χ2v) is 6.99. The summed E-state index contributed by atoms with van der Waals surface area (Å²) < 4.78 is 2.36. The first-order valence-electron chi connectivity index (χ1n) is 5.08. The summed E-state index contributed by atoms with van der Waals surface area (Å²) in [7, 11) is 0. The second-order valence-electron chi connectivity index (χ2n) is 3.73. The van der Waals surface area contributed by atoms with Crippen LogP contribution in [0.4, 0.5) is 0 Å². The minimum Gasteiger partial charge on any atom is -0.314 e. The Morgan fingerprint density at radius 2 is 1.88 bits per heavy atom. The van der Waals surface area contributed by atoms with Gasteiger partial charge in [-0.2, -0.15) is 0 Å². The van der Waals surface area contributed by atoms with Crippen LogP contribution in [0.3, 0.4) is 0 Å². The third-order valence-electron chi connectivity index (χ3n) is 2.78. The molecule has 0 spiro atoms. The average Bonchev–Trinajstić information content (AvgIpc) is 2.59. The molecule has 0 amide bonds. The summed E-state index contributed by atoms with van der Waals surface area (Å²) in [5.41, 5.74) is 0. The molecule has 1 aromatic rings. The summed E-state index contributed by atoms with van der Waals surface area (Å²) in [6, 6.07) is 2.75. The van der Waals surface area contributed by atoms with E-state index >= 15 is 0 Å². The molecule has 1 saturated heterocycles. The molecule has 100 valence electrons. The number of nitrogens with one attached hydrogen (secondary N) is 1. The van der Waals surface area contributed by atoms with Gasteiger partial charge in [0.05, 0.1) is 3.79 Å². The fourth-order valence-electron chi connectivity index (χ4n) is 1.82. The standard InChI is InChI=1S/C10H14Br2N2S.2ClH/c1-7(14-4-2-13-3-5-14)9-6-8(11)10(12)15-9;;/h6-7,13H,2-5H2,1H3;2*1H/t7-;;/m0../s1. The van der Waals surface area contributed by atoms with Crippen LogP contribution in [-0.4, -0.2) is 31.1 Å². The Morgan fingerprint density at radius 1 is 1.29 bits per heavy atom. The third-order valence-corrected chi connectivity index (χ3v) is 6.20. The Bertz CT molecular complexity index is 324. The highest BCUT2D eigenvalue weighted by molar-refractivity contribution is 9.13. The highest BCUT2D eigenvalue weighted by Gasteiger charge is 2.20. The highest BCUT2D eigenvalue weighted by atomic mass is 79.9. The summed E-state index contributed by atoms with van der Waals surface area (Å²) in [4.78, 5) is 3.96. The van der Waals surface area contributed by atoms with E-state index < -0.39 is 0 Å². The zero-order chi connectivity index (χ0) is 10.8. The van der Waals surface area contributed by atoms with Crippen molar-refractivity contribution in [1.82, 2.24) is 10.2 Å². The molecule has 17 heavy (non-hydrogen) atoms. The quantitative estimate of drug-likeness (QED) is 0.766. The minimum absolute atomic E-state index is 0. The number of piperazine rings is 1. The van der Waals surface area contributed by atoms with Gasteiger partial charge < -0.3 is 5.32 Å². The fourth-order valence-corrected chi connectivity index (χ4v) is 3.99. The Hall–Kier alpha value is 1.16. The molecule has 1 aromatic heterocycles. The molecule has 7 heteroatoms. The first-order valence-corrected chi connectivity index (χ1v) is 7.48. The van der Waals surface area contributed by atoms with Gasteiger partial charge in [0.1, 0.15) is 0 Å². The highest BCUT2D eigenvalue weighted by Crippen LogP contribution is 2.37. The Kier molecular flexibility index (Phi) is 8.92. The van der Waals surface area contributed by atoms with Gasteiger partial charge in [-0.15, -0.1) is 36.2 Å². The summed E-state index contributed by atoms with van der Waals surface area (Å²) in [5.74, 6) is 0. The van der Waals surface area contributed by atoms with E-state index in [1.165, 1.54) is 13.1 Å². The van der Waals surface area contributed by atoms with E-state index in [1.54, 1.807) is 0 Å². The number of thiophene rings is 1. The predicted molar refractivity (Wildman–Crippen MR) is 87.1 cm³/mol. The maximum atomic E-state index is 3.55. The zero-order valence-electron chi connectivity index (χ0n) is 9.41. The number of hydrogen-bond donors (Lipinski definition) is 1. The van der Waals surface area contributed by atoms with E-state index in [4.69, 9.17) is 0 Å². The largest absolute Gasteiger partial charge is 0.314 e. The van der Waals surface area contributed by atoms with Crippen LogP contribution in [0.25, 0.3) is 0 Å². The van der Waals surface area contributed by atoms with Crippen LogP contribution in [0, 0.1) is 0 Å². The number of rotatable bonds is 2. The van der Waals surface area contributed by atoms with Gasteiger partial charge in [-0.05, 0) is 44.8 Å². The first-order chi connectivity index (χ1) is 7.18. The molecule has 0 unspecified atom stereocenters. The van der Waals surface area contributed by atoms with Crippen LogP contribution in [0.1, 0.15) is 17.8 Å². The lowest BCUT2D eigenvalue weighted by atomic mass is 10.2. The Balaban J connectivity index is 0.00000128. The third kappa shape index (κ3) is 4.64. The molecule has 1 atom stereocenters. The van der Waals surface area contributed by atoms with Crippen molar-refractivity contribution in [2.75, 3.05) is 26.2 Å². The molecular formula is C10H16Br2Cl2N2S. The van der Waals surface area contributed by atoms with E-state index in [-0.39, 0.29) is 24.8 Å². The molecule has 1 aliphatic heterocycles. The maximum absolute atomic E-state index is 3.55. The summed E-state index contributed by atoms with van der Waals surface area (Å²) in [5, 5.41) is 3.38. The van der Waals surface area contributed by atoms with E-state index in [1.807, 2.05) is 11.3 Å². The van der Waals surface area contributed by atoms with Crippen LogP contribution in [0.15, 0.2) is 14.3 Å². The molecule has 0 saturated carbocycles. The summed E-state index contributed by atoms with van der Waals surface area (Å²) in [6.07, 6.45) is 0. The van der Waals surface area contributed by atoms with Gasteiger partial charge in [-0.1, -0.05) is 0 Å². The van der Waals surface area contributed by atoms with Gasteiger partial charge in [0.2, 0.25) is 0 Å². The average molecular weight is 427 g/mol. The smallest absolute Gasteiger partial charge is 0.0843 e. The summed E-state index contributed by atoms with van der Waals surface area (Å²) in [6.45, 7) is 6.80. The molecule has 2 heterocycles. The molecule has 2 nitrogen and oxygen atoms in total. The molecule has 0 aromatic carbocycles. The molecule has 0 aliphatic carbocycles. The van der Waals surface area contributed by atoms with Crippen molar-refractivity contribution in [1.29, 1.82) is 0 Å². The minimum atomic E-state index is 0. The normalized spacial score (nSPS) is 18.1. The number of nitrogens with zero attached hydrogens (tertiary/aromatic N) is 1. The van der Waals surface area contributed by atoms with Crippen molar-refractivity contribution in [3.63, 3.8) is 0 Å². The predicted octanol–water partition coefficient (Wildman–Crippen LogP) is 4.08. The molecule has 1 fully saturated rings. The number of hydrogen-bond acceptors (Lipinski definition) is 3. The molecule has 1 aliphatic rings. The Labute approximate surface area is 136 Å². The monoisotopic (exact) mass is 424 g/mol. The van der Waals surface area contributed by atoms with Gasteiger partial charge in [0.25, 0.3) is 0 Å². The topological polar surface area (TPSA) is 15.3 Å². The lowest BCUT2D eigenvalue weighted by Gasteiger charge is -2.32. The zero-order valence-corrected chi connectivity index (χ0v) is 15.0. The van der Waals surface area contributed by atoms with Crippen molar-refractivity contribution in [2.45, 2.75) is 13.0 Å². The van der Waals surface area contributed by atoms with Gasteiger partial charge in [0.15, 0.2) is 0 Å². The van der Waals surface area contributed by atoms with Crippen LogP contribution < -0.4 is 5.32 Å². The van der Waals surface area contributed by atoms with E-state index in [2.05, 4.69) is 55.1 Å². The van der Waals surface area contributed by atoms with E-state index in [0.717, 1.165) is 26.2 Å². The van der Waals surface area contributed by atoms with Crippen LogP contribution >= 0.6 is 68.0 Å². The van der Waals surface area contributed by atoms with Crippen molar-refractivity contribution >= 4 is 68.0 Å². The molecule has 2 rings (SSSR count). The van der Waals surface area contributed by atoms with Crippen molar-refractivity contribution in [3.05, 3.63) is 19.2 Å². The molecule has 1 N–H and O–H groups in total. The van der Waals surface area contributed by atoms with E-state index in [0.29, 0.717) is 6.04 Å². The maximum Gasteiger partial charge on any atom is 0.0843 e. The van der Waals surface area contributed by atoms with Crippen LogP contribution in [0.5, 0.6) is 0 Å². The molecular weight excluding hydrogens is 411 g/mol. The van der Waals surface area contributed by atoms with E-state index in [9.17, 15) is 0 Å². The van der Waals surface area contributed by atoms with Gasteiger partial charge in [0, 0.05) is 41.6 Å². The molecule has 0 radical (unpaired) electrons. The van der Waals surface area contributed by atoms with Gasteiger partial charge in [-0.3, -0.25) is 4.90 Å². The van der Waals surface area contributed by atoms with Crippen LogP contribution in [0.2, 0.25) is 0 Å². The van der Waals surface area contributed by atoms with Crippen molar-refractivity contribution < 1.29 is 0 Å². The van der Waals surface area contributed by atoms with Crippen molar-refractivity contribution in [3.8, 4) is 0 Å². The van der Waals surface area contributed by atoms with Crippen molar-refractivity contribution in [2.24, 2.45) is 0 Å². The summed E-state index contributed by atoms with van der Waals surface area (Å²) >= 11 is 8.91. The SMILES string of the molecule is C[C@@H](c1cc(Br)c(Br)s1)N1CCNCC1.Cl.Cl. The fraction of sp³-hybridized carbons (Fsp3) is 0.600. The van der Waals surface area contributed by atoms with Crippen LogP contribution in [-0.2, 0) is 0 Å². The Morgan fingerprint density at radius 3 is 2.35 bits per heavy atom. The lowest BCUT2D eigenvalue weighted by Crippen LogP contribution is -2.44.